The molecule has 0 bridgehead atoms. The first-order chi connectivity index (χ1) is 21.8. The first-order valence-corrected chi connectivity index (χ1v) is 22.1. The molecule has 0 radical (unpaired) electrons. The van der Waals surface area contributed by atoms with Gasteiger partial charge in [0.25, 0.3) is 0 Å². The Morgan fingerprint density at radius 3 is 1.91 bits per heavy atom. The van der Waals surface area contributed by atoms with Crippen molar-refractivity contribution in [2.75, 3.05) is 11.5 Å². The minimum absolute atomic E-state index is 0.0553. The van der Waals surface area contributed by atoms with Gasteiger partial charge in [-0.2, -0.15) is 0 Å². The van der Waals surface area contributed by atoms with Gasteiger partial charge < -0.3 is 9.47 Å². The average molecular weight is 691 g/mol. The molecule has 0 amide bonds. The molecule has 4 atom stereocenters. The summed E-state index contributed by atoms with van der Waals surface area (Å²) in [6.45, 7) is 10.8. The maximum absolute atomic E-state index is 13.3. The van der Waals surface area contributed by atoms with Crippen LogP contribution in [0.25, 0.3) is 0 Å². The van der Waals surface area contributed by atoms with E-state index in [9.17, 15) is 9.59 Å². The van der Waals surface area contributed by atoms with E-state index >= 15 is 0 Å². The van der Waals surface area contributed by atoms with Gasteiger partial charge in [-0.05, 0) is 102 Å². The quantitative estimate of drug-likeness (QED) is 0.0496. The van der Waals surface area contributed by atoms with Gasteiger partial charge in [-0.15, -0.1) is 0 Å². The van der Waals surface area contributed by atoms with E-state index in [2.05, 4.69) is 45.6 Å². The molecule has 0 saturated carbocycles. The molecule has 2 aliphatic heterocycles. The van der Waals surface area contributed by atoms with Gasteiger partial charge in [0.1, 0.15) is 11.5 Å². The molecule has 1 aromatic carbocycles. The number of unbranched alkanes of at least 4 members (excludes halogenated alkanes) is 4. The minimum Gasteiger partial charge on any atom is -0.426 e. The number of rotatable bonds is 18. The average Bonchev–Trinajstić information content (AvgIpc) is 3.72. The van der Waals surface area contributed by atoms with Gasteiger partial charge in [0.05, 0.1) is 0 Å². The maximum Gasteiger partial charge on any atom is 0.311 e. The number of hydrogen-bond acceptors (Lipinski definition) is 8. The standard InChI is InChI=1S/C37H54O4S4/c1-5-6-7-12-28-24-33(40-35(38)15-10-8-13-29-19-21-42-44-29)37(32-23-27(4)17-18-31(32)26(2)3)34(25-28)41-36(39)16-11-9-14-30-20-22-43-45-30/h23-25,29-32H,2,5-22H2,1,3-4H3. The molecule has 45 heavy (non-hydrogen) atoms. The Labute approximate surface area is 288 Å². The number of allylic oxidation sites excluding steroid dienone is 3. The number of aryl methyl sites for hydroxylation is 1. The van der Waals surface area contributed by atoms with Crippen LogP contribution in [0.5, 0.6) is 11.5 Å². The Morgan fingerprint density at radius 1 is 0.844 bits per heavy atom. The summed E-state index contributed by atoms with van der Waals surface area (Å²) in [6, 6.07) is 4.11. The van der Waals surface area contributed by atoms with Crippen LogP contribution in [0.15, 0.2) is 35.9 Å². The van der Waals surface area contributed by atoms with Crippen LogP contribution in [0, 0.1) is 5.92 Å². The number of benzene rings is 1. The van der Waals surface area contributed by atoms with E-state index in [1.54, 1.807) is 0 Å². The zero-order chi connectivity index (χ0) is 32.0. The highest BCUT2D eigenvalue weighted by Gasteiger charge is 2.32. The fourth-order valence-electron chi connectivity index (χ4n) is 6.54. The highest BCUT2D eigenvalue weighted by atomic mass is 33.1. The molecule has 4 nitrogen and oxygen atoms in total. The molecule has 4 unspecified atom stereocenters. The molecule has 3 aliphatic rings. The first kappa shape index (κ1) is 36.9. The van der Waals surface area contributed by atoms with E-state index in [0.29, 0.717) is 24.3 Å². The zero-order valence-electron chi connectivity index (χ0n) is 27.7. The van der Waals surface area contributed by atoms with E-state index in [-0.39, 0.29) is 23.8 Å². The van der Waals surface area contributed by atoms with Crippen LogP contribution in [0.1, 0.15) is 134 Å². The van der Waals surface area contributed by atoms with E-state index in [1.807, 2.05) is 43.2 Å². The summed E-state index contributed by atoms with van der Waals surface area (Å²) >= 11 is 0. The Kier molecular flexibility index (Phi) is 16.2. The fourth-order valence-corrected chi connectivity index (χ4v) is 12.6. The van der Waals surface area contributed by atoms with Crippen LogP contribution in [-0.4, -0.2) is 33.9 Å². The van der Waals surface area contributed by atoms with Gasteiger partial charge in [-0.1, -0.05) is 99.6 Å². The largest absolute Gasteiger partial charge is 0.426 e. The number of esters is 2. The van der Waals surface area contributed by atoms with Crippen molar-refractivity contribution in [3.63, 3.8) is 0 Å². The molecule has 2 fully saturated rings. The SMILES string of the molecule is C=C(C)C1CCC(C)=CC1c1c(OC(=O)CCCCC2CCSS2)cc(CCCCC)cc1OC(=O)CCCCC1CCSS1. The molecule has 2 heterocycles. The van der Waals surface area contributed by atoms with Gasteiger partial charge in [0.2, 0.25) is 0 Å². The van der Waals surface area contributed by atoms with Crippen molar-refractivity contribution in [1.29, 1.82) is 0 Å². The molecule has 0 N–H and O–H groups in total. The van der Waals surface area contributed by atoms with Crippen LogP contribution < -0.4 is 9.47 Å². The van der Waals surface area contributed by atoms with Gasteiger partial charge in [-0.25, -0.2) is 0 Å². The van der Waals surface area contributed by atoms with Crippen molar-refractivity contribution in [3.8, 4) is 11.5 Å². The van der Waals surface area contributed by atoms with E-state index in [4.69, 9.17) is 9.47 Å². The van der Waals surface area contributed by atoms with Gasteiger partial charge >= 0.3 is 11.9 Å². The van der Waals surface area contributed by atoms with Crippen LogP contribution in [0.2, 0.25) is 0 Å². The number of ether oxygens (including phenoxy) is 2. The Hall–Kier alpha value is -0.960. The van der Waals surface area contributed by atoms with Gasteiger partial charge in [0.15, 0.2) is 0 Å². The number of carbonyl (C=O) groups excluding carboxylic acids is 2. The molecule has 0 spiro atoms. The van der Waals surface area contributed by atoms with Crippen molar-refractivity contribution in [1.82, 2.24) is 0 Å². The first-order valence-electron chi connectivity index (χ1n) is 17.3. The van der Waals surface area contributed by atoms with Crippen molar-refractivity contribution in [2.45, 2.75) is 140 Å². The second-order valence-corrected chi connectivity index (χ2v) is 18.7. The summed E-state index contributed by atoms with van der Waals surface area (Å²) in [5.74, 6) is 3.35. The van der Waals surface area contributed by atoms with Crippen LogP contribution in [0.3, 0.4) is 0 Å². The summed E-state index contributed by atoms with van der Waals surface area (Å²) in [5, 5.41) is 1.44. The second-order valence-electron chi connectivity index (χ2n) is 13.1. The molecule has 250 valence electrons. The lowest BCUT2D eigenvalue weighted by Crippen LogP contribution is -2.21. The fraction of sp³-hybridized carbons (Fsp3) is 0.676. The topological polar surface area (TPSA) is 52.6 Å². The van der Waals surface area contributed by atoms with E-state index < -0.39 is 0 Å². The molecule has 1 aliphatic carbocycles. The Morgan fingerprint density at radius 2 is 1.42 bits per heavy atom. The van der Waals surface area contributed by atoms with Crippen molar-refractivity contribution < 1.29 is 19.1 Å². The Balaban J connectivity index is 1.56. The number of carbonyl (C=O) groups is 2. The lowest BCUT2D eigenvalue weighted by Gasteiger charge is -2.32. The molecule has 2 saturated heterocycles. The van der Waals surface area contributed by atoms with Crippen molar-refractivity contribution in [3.05, 3.63) is 47.1 Å². The third kappa shape index (κ3) is 12.2. The predicted molar refractivity (Wildman–Crippen MR) is 199 cm³/mol. The smallest absolute Gasteiger partial charge is 0.311 e. The normalized spacial score (nSPS) is 23.1. The van der Waals surface area contributed by atoms with Crippen molar-refractivity contribution >= 4 is 55.1 Å². The molecule has 0 aromatic heterocycles. The highest BCUT2D eigenvalue weighted by molar-refractivity contribution is 8.77. The predicted octanol–water partition coefficient (Wildman–Crippen LogP) is 11.7. The van der Waals surface area contributed by atoms with Crippen LogP contribution in [-0.2, 0) is 16.0 Å². The second kappa shape index (κ2) is 19.8. The summed E-state index contributed by atoms with van der Waals surface area (Å²) < 4.78 is 12.5. The zero-order valence-corrected chi connectivity index (χ0v) is 31.0. The number of hydrogen-bond donors (Lipinski definition) is 0. The van der Waals surface area contributed by atoms with E-state index in [1.165, 1.54) is 29.9 Å². The molecule has 8 heteroatoms. The van der Waals surface area contributed by atoms with Gasteiger partial charge in [0, 0.05) is 46.3 Å². The van der Waals surface area contributed by atoms with Crippen LogP contribution >= 0.6 is 43.2 Å². The summed E-state index contributed by atoms with van der Waals surface area (Å²) in [7, 11) is 7.93. The molecular weight excluding hydrogens is 637 g/mol. The summed E-state index contributed by atoms with van der Waals surface area (Å²) in [5.41, 5.74) is 4.32. The maximum atomic E-state index is 13.3. The lowest BCUT2D eigenvalue weighted by molar-refractivity contribution is -0.135. The van der Waals surface area contributed by atoms with E-state index in [0.717, 1.165) is 104 Å². The monoisotopic (exact) mass is 690 g/mol. The summed E-state index contributed by atoms with van der Waals surface area (Å²) in [4.78, 5) is 26.7. The van der Waals surface area contributed by atoms with Crippen molar-refractivity contribution in [2.24, 2.45) is 5.92 Å². The highest BCUT2D eigenvalue weighted by Crippen LogP contribution is 2.48. The van der Waals surface area contributed by atoms with Gasteiger partial charge in [-0.3, -0.25) is 9.59 Å². The Bertz CT molecular complexity index is 1090. The summed E-state index contributed by atoms with van der Waals surface area (Å²) in [6.07, 6.45) is 17.9. The minimum atomic E-state index is -0.195. The third-order valence-corrected chi connectivity index (χ3v) is 15.2. The third-order valence-electron chi connectivity index (χ3n) is 9.16. The lowest BCUT2D eigenvalue weighted by atomic mass is 9.73. The molecule has 1 aromatic rings. The molecule has 4 rings (SSSR count). The van der Waals surface area contributed by atoms with Crippen LogP contribution in [0.4, 0.5) is 0 Å². The molecular formula is C37H54O4S4.